The summed E-state index contributed by atoms with van der Waals surface area (Å²) in [6.45, 7) is -0.866. The molecule has 0 saturated heterocycles. The van der Waals surface area contributed by atoms with E-state index in [0.717, 1.165) is 0 Å². The Kier molecular flexibility index (Phi) is 7.20. The van der Waals surface area contributed by atoms with Crippen molar-refractivity contribution in [2.45, 2.75) is 0 Å². The molecule has 0 fully saturated rings. The normalized spacial score (nSPS) is 10.2. The number of nitrogens with one attached hydrogen (secondary N) is 1. The summed E-state index contributed by atoms with van der Waals surface area (Å²) in [5.41, 5.74) is 0.257. The van der Waals surface area contributed by atoms with Crippen LogP contribution in [0.25, 0.3) is 0 Å². The Bertz CT molecular complexity index is 798. The number of benzene rings is 2. The van der Waals surface area contributed by atoms with E-state index in [-0.39, 0.29) is 27.4 Å². The molecule has 0 spiro atoms. The number of anilines is 1. The summed E-state index contributed by atoms with van der Waals surface area (Å²) in [6.07, 6.45) is 0. The lowest BCUT2D eigenvalue weighted by Crippen LogP contribution is -2.23. The van der Waals surface area contributed by atoms with Crippen LogP contribution >= 0.6 is 46.4 Å². The molecule has 0 unspecified atom stereocenters. The van der Waals surface area contributed by atoms with E-state index < -0.39 is 18.5 Å². The molecule has 9 heteroatoms. The van der Waals surface area contributed by atoms with Crippen LogP contribution in [0, 0.1) is 0 Å². The van der Waals surface area contributed by atoms with Crippen LogP contribution < -0.4 is 10.1 Å². The second kappa shape index (κ2) is 9.15. The number of halogens is 4. The molecular weight excluding hydrogens is 412 g/mol. The van der Waals surface area contributed by atoms with Gasteiger partial charge in [0.25, 0.3) is 5.91 Å². The van der Waals surface area contributed by atoms with Crippen molar-refractivity contribution in [3.05, 3.63) is 56.5 Å². The van der Waals surface area contributed by atoms with E-state index in [9.17, 15) is 9.59 Å². The van der Waals surface area contributed by atoms with E-state index in [2.05, 4.69) is 5.32 Å². The fourth-order valence-electron chi connectivity index (χ4n) is 1.69. The molecule has 0 aliphatic carbocycles. The number of ether oxygens (including phenoxy) is 2. The van der Waals surface area contributed by atoms with Crippen LogP contribution in [0.15, 0.2) is 36.4 Å². The standard InChI is InChI=1S/C16H11Cl4NO4/c17-9-2-1-3-10(4-9)24-8-16(23)25-7-15(22)21-14-6-12(19)11(18)5-13(14)20/h1-6H,7-8H2,(H,21,22). The topological polar surface area (TPSA) is 64.6 Å². The van der Waals surface area contributed by atoms with E-state index in [1.807, 2.05) is 0 Å². The maximum Gasteiger partial charge on any atom is 0.344 e. The molecule has 25 heavy (non-hydrogen) atoms. The van der Waals surface area contributed by atoms with Gasteiger partial charge in [-0.25, -0.2) is 4.79 Å². The van der Waals surface area contributed by atoms with Gasteiger partial charge in [0.15, 0.2) is 13.2 Å². The van der Waals surface area contributed by atoms with Gasteiger partial charge in [0, 0.05) is 5.02 Å². The van der Waals surface area contributed by atoms with Gasteiger partial charge in [0.1, 0.15) is 5.75 Å². The number of hydrogen-bond donors (Lipinski definition) is 1. The summed E-state index contributed by atoms with van der Waals surface area (Å²) in [6, 6.07) is 9.33. The molecule has 132 valence electrons. The van der Waals surface area contributed by atoms with Crippen LogP contribution in [0.2, 0.25) is 20.1 Å². The van der Waals surface area contributed by atoms with E-state index in [0.29, 0.717) is 10.8 Å². The number of esters is 1. The first-order valence-electron chi connectivity index (χ1n) is 6.83. The molecule has 0 aliphatic rings. The minimum atomic E-state index is -0.713. The summed E-state index contributed by atoms with van der Waals surface area (Å²) in [5.74, 6) is -0.886. The lowest BCUT2D eigenvalue weighted by atomic mass is 10.3. The second-order valence-electron chi connectivity index (χ2n) is 4.70. The molecule has 1 N–H and O–H groups in total. The average Bonchev–Trinajstić information content (AvgIpc) is 2.56. The lowest BCUT2D eigenvalue weighted by Gasteiger charge is -2.10. The molecule has 2 aromatic rings. The Morgan fingerprint density at radius 3 is 2.36 bits per heavy atom. The number of carbonyl (C=O) groups excluding carboxylic acids is 2. The van der Waals surface area contributed by atoms with Crippen LogP contribution in [0.5, 0.6) is 5.75 Å². The predicted octanol–water partition coefficient (Wildman–Crippen LogP) is 4.86. The fraction of sp³-hybridized carbons (Fsp3) is 0.125. The second-order valence-corrected chi connectivity index (χ2v) is 6.36. The molecule has 2 rings (SSSR count). The maximum atomic E-state index is 11.8. The largest absolute Gasteiger partial charge is 0.482 e. The van der Waals surface area contributed by atoms with Gasteiger partial charge in [-0.3, -0.25) is 4.79 Å². The minimum Gasteiger partial charge on any atom is -0.482 e. The van der Waals surface area contributed by atoms with Gasteiger partial charge in [0.05, 0.1) is 20.8 Å². The molecule has 0 heterocycles. The molecule has 0 aromatic heterocycles. The molecule has 5 nitrogen and oxygen atoms in total. The van der Waals surface area contributed by atoms with Crippen LogP contribution in [-0.2, 0) is 14.3 Å². The number of rotatable bonds is 6. The van der Waals surface area contributed by atoms with Crippen LogP contribution in [-0.4, -0.2) is 25.1 Å². The van der Waals surface area contributed by atoms with Crippen molar-refractivity contribution >= 4 is 64.0 Å². The molecule has 0 radical (unpaired) electrons. The Hall–Kier alpha value is -1.66. The summed E-state index contributed by atoms with van der Waals surface area (Å²) in [4.78, 5) is 23.4. The molecular formula is C16H11Cl4NO4. The van der Waals surface area contributed by atoms with Gasteiger partial charge in [-0.15, -0.1) is 0 Å². The summed E-state index contributed by atoms with van der Waals surface area (Å²) < 4.78 is 10.0. The molecule has 0 aliphatic heterocycles. The third-order valence-corrected chi connectivity index (χ3v) is 4.07. The predicted molar refractivity (Wildman–Crippen MR) is 98.0 cm³/mol. The molecule has 1 amide bonds. The molecule has 0 atom stereocenters. The first-order chi connectivity index (χ1) is 11.8. The highest BCUT2D eigenvalue weighted by atomic mass is 35.5. The summed E-state index contributed by atoms with van der Waals surface area (Å²) >= 11 is 23.4. The molecule has 0 saturated carbocycles. The third-order valence-electron chi connectivity index (χ3n) is 2.80. The minimum absolute atomic E-state index is 0.207. The zero-order chi connectivity index (χ0) is 18.4. The Balaban J connectivity index is 1.79. The van der Waals surface area contributed by atoms with E-state index in [1.54, 1.807) is 24.3 Å². The SMILES string of the molecule is O=C(COC(=O)COc1cccc(Cl)c1)Nc1cc(Cl)c(Cl)cc1Cl. The van der Waals surface area contributed by atoms with Crippen molar-refractivity contribution in [3.8, 4) is 5.75 Å². The number of carbonyl (C=O) groups is 2. The van der Waals surface area contributed by atoms with E-state index in [1.165, 1.54) is 12.1 Å². The molecule has 0 bridgehead atoms. The Morgan fingerprint density at radius 1 is 0.920 bits per heavy atom. The summed E-state index contributed by atoms with van der Waals surface area (Å²) in [5, 5.41) is 3.64. The van der Waals surface area contributed by atoms with Gasteiger partial charge < -0.3 is 14.8 Å². The lowest BCUT2D eigenvalue weighted by molar-refractivity contribution is -0.149. The molecule has 2 aromatic carbocycles. The highest BCUT2D eigenvalue weighted by Crippen LogP contribution is 2.32. The monoisotopic (exact) mass is 421 g/mol. The fourth-order valence-corrected chi connectivity index (χ4v) is 2.47. The quantitative estimate of drug-likeness (QED) is 0.533. The van der Waals surface area contributed by atoms with Gasteiger partial charge in [-0.1, -0.05) is 52.5 Å². The Morgan fingerprint density at radius 2 is 1.64 bits per heavy atom. The van der Waals surface area contributed by atoms with Gasteiger partial charge in [-0.2, -0.15) is 0 Å². The van der Waals surface area contributed by atoms with Crippen LogP contribution in [0.3, 0.4) is 0 Å². The van der Waals surface area contributed by atoms with E-state index in [4.69, 9.17) is 55.9 Å². The number of amides is 1. The first kappa shape index (κ1) is 19.7. The van der Waals surface area contributed by atoms with Crippen molar-refractivity contribution in [1.82, 2.24) is 0 Å². The van der Waals surface area contributed by atoms with Crippen molar-refractivity contribution < 1.29 is 19.1 Å². The van der Waals surface area contributed by atoms with Crippen molar-refractivity contribution in [2.75, 3.05) is 18.5 Å². The number of hydrogen-bond acceptors (Lipinski definition) is 4. The summed E-state index contributed by atoms with van der Waals surface area (Å²) in [7, 11) is 0. The van der Waals surface area contributed by atoms with Crippen molar-refractivity contribution in [2.24, 2.45) is 0 Å². The van der Waals surface area contributed by atoms with E-state index >= 15 is 0 Å². The first-order valence-corrected chi connectivity index (χ1v) is 8.34. The third kappa shape index (κ3) is 6.29. The smallest absolute Gasteiger partial charge is 0.344 e. The Labute approximate surface area is 163 Å². The van der Waals surface area contributed by atoms with Crippen molar-refractivity contribution in [1.29, 1.82) is 0 Å². The van der Waals surface area contributed by atoms with Crippen LogP contribution in [0.4, 0.5) is 5.69 Å². The van der Waals surface area contributed by atoms with Gasteiger partial charge in [-0.05, 0) is 30.3 Å². The zero-order valence-electron chi connectivity index (χ0n) is 12.5. The van der Waals surface area contributed by atoms with Gasteiger partial charge >= 0.3 is 5.97 Å². The van der Waals surface area contributed by atoms with Gasteiger partial charge in [0.2, 0.25) is 0 Å². The van der Waals surface area contributed by atoms with Crippen molar-refractivity contribution in [3.63, 3.8) is 0 Å². The average molecular weight is 423 g/mol. The maximum absolute atomic E-state index is 11.8. The zero-order valence-corrected chi connectivity index (χ0v) is 15.5. The highest BCUT2D eigenvalue weighted by Gasteiger charge is 2.12. The van der Waals surface area contributed by atoms with Crippen LogP contribution in [0.1, 0.15) is 0 Å². The highest BCUT2D eigenvalue weighted by molar-refractivity contribution is 6.44.